The number of amides is 2. The number of rotatable bonds is 15. The van der Waals surface area contributed by atoms with Crippen molar-refractivity contribution < 1.29 is 22.7 Å². The zero-order chi connectivity index (χ0) is 28.3. The number of ether oxygens (including phenoxy) is 1. The number of hydrogen-bond acceptors (Lipinski definition) is 5. The van der Waals surface area contributed by atoms with Crippen LogP contribution in [-0.4, -0.2) is 57.1 Å². The quantitative estimate of drug-likeness (QED) is 0.332. The van der Waals surface area contributed by atoms with E-state index in [-0.39, 0.29) is 37.2 Å². The van der Waals surface area contributed by atoms with E-state index in [0.29, 0.717) is 42.5 Å². The summed E-state index contributed by atoms with van der Waals surface area (Å²) in [6, 6.07) is 13.3. The van der Waals surface area contributed by atoms with Crippen molar-refractivity contribution in [2.75, 3.05) is 30.3 Å². The zero-order valence-electron chi connectivity index (χ0n) is 22.9. The molecule has 10 heteroatoms. The van der Waals surface area contributed by atoms with E-state index >= 15 is 0 Å². The maximum absolute atomic E-state index is 13.5. The normalized spacial score (nSPS) is 12.2. The summed E-state index contributed by atoms with van der Waals surface area (Å²) in [5.74, 6) is 0.517. The monoisotopic (exact) mass is 565 g/mol. The minimum Gasteiger partial charge on any atom is -0.494 e. The Morgan fingerprint density at radius 3 is 2.18 bits per heavy atom. The van der Waals surface area contributed by atoms with Crippen molar-refractivity contribution in [1.29, 1.82) is 0 Å². The van der Waals surface area contributed by atoms with Crippen LogP contribution in [0.25, 0.3) is 0 Å². The van der Waals surface area contributed by atoms with Gasteiger partial charge in [0.15, 0.2) is 0 Å². The maximum Gasteiger partial charge on any atom is 0.242 e. The van der Waals surface area contributed by atoms with E-state index < -0.39 is 16.1 Å². The second-order valence-electron chi connectivity index (χ2n) is 9.58. The van der Waals surface area contributed by atoms with Crippen LogP contribution in [0.4, 0.5) is 5.69 Å². The van der Waals surface area contributed by atoms with Crippen LogP contribution in [0.15, 0.2) is 48.5 Å². The molecule has 0 saturated carbocycles. The van der Waals surface area contributed by atoms with Crippen LogP contribution in [0.3, 0.4) is 0 Å². The van der Waals surface area contributed by atoms with E-state index in [1.807, 2.05) is 39.8 Å². The predicted octanol–water partition coefficient (Wildman–Crippen LogP) is 4.86. The van der Waals surface area contributed by atoms with Gasteiger partial charge in [-0.1, -0.05) is 44.5 Å². The lowest BCUT2D eigenvalue weighted by atomic mass is 10.1. The molecule has 0 unspecified atom stereocenters. The number of carbonyl (C=O) groups excluding carboxylic acids is 2. The summed E-state index contributed by atoms with van der Waals surface area (Å²) in [6.07, 6.45) is 1.97. The van der Waals surface area contributed by atoms with Gasteiger partial charge in [-0.3, -0.25) is 13.9 Å². The van der Waals surface area contributed by atoms with E-state index in [1.165, 1.54) is 4.31 Å². The summed E-state index contributed by atoms with van der Waals surface area (Å²) in [5, 5.41) is 3.53. The number of halogens is 1. The first kappa shape index (κ1) is 31.4. The molecule has 0 spiro atoms. The first-order valence-corrected chi connectivity index (χ1v) is 15.2. The van der Waals surface area contributed by atoms with E-state index in [2.05, 4.69) is 5.32 Å². The Hall–Kier alpha value is -2.78. The van der Waals surface area contributed by atoms with Gasteiger partial charge in [-0.05, 0) is 67.6 Å². The average Bonchev–Trinajstić information content (AvgIpc) is 2.86. The second kappa shape index (κ2) is 15.0. The van der Waals surface area contributed by atoms with Gasteiger partial charge in [0.2, 0.25) is 21.8 Å². The third-order valence-electron chi connectivity index (χ3n) is 5.92. The first-order valence-electron chi connectivity index (χ1n) is 13.0. The summed E-state index contributed by atoms with van der Waals surface area (Å²) in [7, 11) is -3.57. The number of sulfonamides is 1. The fraction of sp³-hybridized carbons (Fsp3) is 0.500. The molecule has 0 bridgehead atoms. The van der Waals surface area contributed by atoms with Gasteiger partial charge in [-0.15, -0.1) is 0 Å². The number of nitrogens with zero attached hydrogens (tertiary/aromatic N) is 2. The van der Waals surface area contributed by atoms with Gasteiger partial charge in [-0.2, -0.15) is 0 Å². The fourth-order valence-electron chi connectivity index (χ4n) is 4.01. The molecule has 0 aromatic heterocycles. The van der Waals surface area contributed by atoms with E-state index in [4.69, 9.17) is 16.3 Å². The molecule has 2 rings (SSSR count). The highest BCUT2D eigenvalue weighted by Gasteiger charge is 2.29. The van der Waals surface area contributed by atoms with Gasteiger partial charge in [0.25, 0.3) is 0 Å². The highest BCUT2D eigenvalue weighted by Crippen LogP contribution is 2.23. The standard InChI is InChI=1S/C28H40ClN3O5S/c1-6-26(28(34)30-19-21(3)4)31(20-22-10-12-23(29)13-11-22)27(33)9-8-18-32(38(5,35)36)24-14-16-25(17-15-24)37-7-2/h10-17,21,26H,6-9,18-20H2,1-5H3,(H,30,34)/t26-/m1/s1. The number of anilines is 1. The summed E-state index contributed by atoms with van der Waals surface area (Å²) < 4.78 is 31.8. The van der Waals surface area contributed by atoms with Crippen LogP contribution in [-0.2, 0) is 26.2 Å². The molecule has 1 atom stereocenters. The third-order valence-corrected chi connectivity index (χ3v) is 7.37. The van der Waals surface area contributed by atoms with Crippen molar-refractivity contribution in [2.45, 2.75) is 59.5 Å². The molecule has 38 heavy (non-hydrogen) atoms. The Kier molecular flexibility index (Phi) is 12.4. The number of nitrogens with one attached hydrogen (secondary N) is 1. The van der Waals surface area contributed by atoms with Gasteiger partial charge in [0.05, 0.1) is 18.6 Å². The van der Waals surface area contributed by atoms with Crippen molar-refractivity contribution in [2.24, 2.45) is 5.92 Å². The van der Waals surface area contributed by atoms with Crippen molar-refractivity contribution in [3.63, 3.8) is 0 Å². The highest BCUT2D eigenvalue weighted by molar-refractivity contribution is 7.92. The van der Waals surface area contributed by atoms with E-state index in [9.17, 15) is 18.0 Å². The SMILES string of the molecule is CCOc1ccc(N(CCCC(=O)N(Cc2ccc(Cl)cc2)[C@H](CC)C(=O)NCC(C)C)S(C)(=O)=O)cc1. The fourth-order valence-corrected chi connectivity index (χ4v) is 5.10. The Morgan fingerprint density at radius 1 is 1.03 bits per heavy atom. The second-order valence-corrected chi connectivity index (χ2v) is 11.9. The molecule has 0 saturated heterocycles. The Labute approximate surface area is 232 Å². The molecule has 0 fully saturated rings. The largest absolute Gasteiger partial charge is 0.494 e. The Morgan fingerprint density at radius 2 is 1.66 bits per heavy atom. The van der Waals surface area contributed by atoms with Crippen molar-refractivity contribution in [3.05, 3.63) is 59.1 Å². The van der Waals surface area contributed by atoms with Crippen LogP contribution in [0, 0.1) is 5.92 Å². The number of hydrogen-bond donors (Lipinski definition) is 1. The van der Waals surface area contributed by atoms with Crippen LogP contribution in [0.2, 0.25) is 5.02 Å². The highest BCUT2D eigenvalue weighted by atomic mass is 35.5. The molecular weight excluding hydrogens is 526 g/mol. The lowest BCUT2D eigenvalue weighted by Crippen LogP contribution is -2.49. The lowest BCUT2D eigenvalue weighted by Gasteiger charge is -2.31. The van der Waals surface area contributed by atoms with Crippen LogP contribution in [0.1, 0.15) is 52.5 Å². The van der Waals surface area contributed by atoms with Crippen molar-refractivity contribution in [3.8, 4) is 5.75 Å². The molecule has 8 nitrogen and oxygen atoms in total. The molecule has 0 radical (unpaired) electrons. The van der Waals surface area contributed by atoms with Crippen LogP contribution >= 0.6 is 11.6 Å². The van der Waals surface area contributed by atoms with Crippen molar-refractivity contribution >= 4 is 39.1 Å². The molecule has 2 aromatic carbocycles. The molecule has 2 aromatic rings. The van der Waals surface area contributed by atoms with Gasteiger partial charge in [-0.25, -0.2) is 8.42 Å². The lowest BCUT2D eigenvalue weighted by molar-refractivity contribution is -0.141. The average molecular weight is 566 g/mol. The van der Waals surface area contributed by atoms with E-state index in [0.717, 1.165) is 11.8 Å². The third kappa shape index (κ3) is 9.83. The maximum atomic E-state index is 13.5. The Balaban J connectivity index is 2.19. The zero-order valence-corrected chi connectivity index (χ0v) is 24.5. The van der Waals surface area contributed by atoms with E-state index in [1.54, 1.807) is 41.3 Å². The smallest absolute Gasteiger partial charge is 0.242 e. The van der Waals surface area contributed by atoms with Gasteiger partial charge in [0, 0.05) is 31.1 Å². The topological polar surface area (TPSA) is 96.0 Å². The van der Waals surface area contributed by atoms with Crippen LogP contribution in [0.5, 0.6) is 5.75 Å². The van der Waals surface area contributed by atoms with Gasteiger partial charge in [0.1, 0.15) is 11.8 Å². The summed E-state index contributed by atoms with van der Waals surface area (Å²) in [4.78, 5) is 28.1. The summed E-state index contributed by atoms with van der Waals surface area (Å²) >= 11 is 6.03. The molecule has 0 heterocycles. The minimum atomic E-state index is -3.57. The minimum absolute atomic E-state index is 0.0879. The van der Waals surface area contributed by atoms with Crippen molar-refractivity contribution in [1.82, 2.24) is 10.2 Å². The number of benzene rings is 2. The molecule has 0 aliphatic rings. The summed E-state index contributed by atoms with van der Waals surface area (Å²) in [6.45, 7) is 9.18. The predicted molar refractivity (Wildman–Crippen MR) is 153 cm³/mol. The van der Waals surface area contributed by atoms with Crippen LogP contribution < -0.4 is 14.4 Å². The first-order chi connectivity index (χ1) is 18.0. The summed E-state index contributed by atoms with van der Waals surface area (Å²) in [5.41, 5.74) is 1.35. The van der Waals surface area contributed by atoms with Gasteiger partial charge < -0.3 is 15.0 Å². The Bertz CT molecular complexity index is 1140. The van der Waals surface area contributed by atoms with Gasteiger partial charge >= 0.3 is 0 Å². The molecule has 0 aliphatic heterocycles. The molecular formula is C28H40ClN3O5S. The molecule has 0 aliphatic carbocycles. The molecule has 1 N–H and O–H groups in total. The number of carbonyl (C=O) groups is 2. The molecule has 2 amide bonds. The molecule has 210 valence electrons.